The largest absolute Gasteiger partial charge is 0.413 e. The van der Waals surface area contributed by atoms with Crippen molar-refractivity contribution in [1.82, 2.24) is 0 Å². The molecule has 1 aromatic rings. The van der Waals surface area contributed by atoms with Gasteiger partial charge in [0.15, 0.2) is 8.32 Å². The molecular weight excluding hydrogens is 364 g/mol. The lowest BCUT2D eigenvalue weighted by Gasteiger charge is -2.40. The average Bonchev–Trinajstić information content (AvgIpc) is 3.33. The molecule has 0 N–H and O–H groups in total. The smallest absolute Gasteiger partial charge is 0.205 e. The molecule has 1 aliphatic heterocycles. The van der Waals surface area contributed by atoms with Crippen molar-refractivity contribution in [3.05, 3.63) is 41.3 Å². The van der Waals surface area contributed by atoms with E-state index in [1.807, 2.05) is 12.1 Å². The van der Waals surface area contributed by atoms with Gasteiger partial charge < -0.3 is 9.16 Å². The maximum atomic E-state index is 13.1. The number of epoxide rings is 1. The topological polar surface area (TPSA) is 55.9 Å². The summed E-state index contributed by atoms with van der Waals surface area (Å²) in [5, 5.41) is 0.117. The van der Waals surface area contributed by atoms with Crippen LogP contribution in [0.3, 0.4) is 0 Å². The molecule has 3 rings (SSSR count). The Labute approximate surface area is 158 Å². The maximum absolute atomic E-state index is 13.1. The monoisotopic (exact) mass is 394 g/mol. The number of fused-ring (bicyclic) bond motifs is 1. The summed E-state index contributed by atoms with van der Waals surface area (Å²) in [4.78, 5) is 0.735. The fourth-order valence-corrected chi connectivity index (χ4v) is 6.26. The lowest BCUT2D eigenvalue weighted by Crippen LogP contribution is -2.46. The Morgan fingerprint density at radius 3 is 2.35 bits per heavy atom. The molecule has 0 bridgehead atoms. The third-order valence-electron chi connectivity index (χ3n) is 6.08. The van der Waals surface area contributed by atoms with Crippen LogP contribution in [0.4, 0.5) is 0 Å². The van der Waals surface area contributed by atoms with Crippen LogP contribution in [0.5, 0.6) is 0 Å². The Morgan fingerprint density at radius 1 is 1.15 bits per heavy atom. The van der Waals surface area contributed by atoms with Gasteiger partial charge in [-0.3, -0.25) is 0 Å². The summed E-state index contributed by atoms with van der Waals surface area (Å²) < 4.78 is 38.5. The van der Waals surface area contributed by atoms with Crippen LogP contribution >= 0.6 is 0 Å². The predicted molar refractivity (Wildman–Crippen MR) is 106 cm³/mol. The van der Waals surface area contributed by atoms with E-state index in [1.165, 1.54) is 0 Å². The fraction of sp³-hybridized carbons (Fsp3) is 0.600. The van der Waals surface area contributed by atoms with Gasteiger partial charge in [0.2, 0.25) is 9.84 Å². The second-order valence-electron chi connectivity index (χ2n) is 8.96. The van der Waals surface area contributed by atoms with E-state index in [-0.39, 0.29) is 29.3 Å². The molecule has 6 heteroatoms. The van der Waals surface area contributed by atoms with Crippen molar-refractivity contribution >= 4 is 18.2 Å². The number of rotatable bonds is 4. The minimum Gasteiger partial charge on any atom is -0.413 e. The van der Waals surface area contributed by atoms with Crippen LogP contribution in [0.15, 0.2) is 46.2 Å². The van der Waals surface area contributed by atoms with Crippen molar-refractivity contribution in [3.8, 4) is 0 Å². The van der Waals surface area contributed by atoms with E-state index in [9.17, 15) is 8.42 Å². The molecule has 0 saturated carbocycles. The number of hydrogen-bond acceptors (Lipinski definition) is 4. The Hall–Kier alpha value is -0.953. The van der Waals surface area contributed by atoms with Crippen LogP contribution in [0, 0.1) is 5.92 Å². The molecule has 1 aliphatic carbocycles. The van der Waals surface area contributed by atoms with Gasteiger partial charge >= 0.3 is 0 Å². The second kappa shape index (κ2) is 6.58. The van der Waals surface area contributed by atoms with Crippen molar-refractivity contribution in [3.63, 3.8) is 0 Å². The predicted octanol–water partition coefficient (Wildman–Crippen LogP) is 4.54. The number of ether oxygens (including phenoxy) is 1. The number of benzene rings is 1. The Bertz CT molecular complexity index is 793. The van der Waals surface area contributed by atoms with Crippen LogP contribution in [0.2, 0.25) is 18.1 Å². The third kappa shape index (κ3) is 3.57. The molecule has 0 aromatic heterocycles. The molecular formula is C20H30O4SSi. The lowest BCUT2D eigenvalue weighted by molar-refractivity contribution is 0.109. The summed E-state index contributed by atoms with van der Waals surface area (Å²) in [6.45, 7) is 13.3. The average molecular weight is 395 g/mol. The number of sulfone groups is 1. The van der Waals surface area contributed by atoms with Crippen LogP contribution < -0.4 is 0 Å². The summed E-state index contributed by atoms with van der Waals surface area (Å²) in [6, 6.07) is 8.61. The molecule has 1 aromatic carbocycles. The molecule has 4 nitrogen and oxygen atoms in total. The molecule has 0 radical (unpaired) electrons. The van der Waals surface area contributed by atoms with Crippen LogP contribution in [-0.2, 0) is 19.0 Å². The number of hydrogen-bond donors (Lipinski definition) is 0. The highest BCUT2D eigenvalue weighted by Crippen LogP contribution is 2.46. The van der Waals surface area contributed by atoms with Gasteiger partial charge in [-0.15, -0.1) is 0 Å². The van der Waals surface area contributed by atoms with E-state index < -0.39 is 18.2 Å². The Kier molecular flexibility index (Phi) is 5.01. The van der Waals surface area contributed by atoms with E-state index in [4.69, 9.17) is 9.16 Å². The normalized spacial score (nSPS) is 29.5. The van der Waals surface area contributed by atoms with E-state index >= 15 is 0 Å². The zero-order valence-electron chi connectivity index (χ0n) is 16.5. The molecule has 4 atom stereocenters. The minimum atomic E-state index is -3.52. The summed E-state index contributed by atoms with van der Waals surface area (Å²) in [7, 11) is -5.45. The second-order valence-corrected chi connectivity index (χ2v) is 15.7. The highest BCUT2D eigenvalue weighted by molar-refractivity contribution is 7.95. The first-order valence-electron chi connectivity index (χ1n) is 9.28. The van der Waals surface area contributed by atoms with Crippen molar-refractivity contribution in [2.24, 2.45) is 5.92 Å². The van der Waals surface area contributed by atoms with Gasteiger partial charge in [0.25, 0.3) is 0 Å². The molecule has 1 saturated heterocycles. The first-order chi connectivity index (χ1) is 11.9. The van der Waals surface area contributed by atoms with Crippen LogP contribution in [0.25, 0.3) is 0 Å². The Balaban J connectivity index is 1.88. The fourth-order valence-electron chi connectivity index (χ4n) is 3.24. The molecule has 2 aliphatic rings. The first kappa shape index (κ1) is 19.8. The standard InChI is InChI=1S/C20H30O4SSi/c1-14-16(24-26(5,6)20(2,3)4)12-13-17(19-18(14)23-19)25(21,22)15-10-8-7-9-11-15/h7-11,13-14,16,18-19H,12H2,1-6H3/t14-,16-,18+,19-/m1/s1. The summed E-state index contributed by atoms with van der Waals surface area (Å²) in [5.74, 6) is 0.175. The minimum absolute atomic E-state index is 0.00522. The van der Waals surface area contributed by atoms with Gasteiger partial charge in [-0.2, -0.15) is 0 Å². The van der Waals surface area contributed by atoms with Gasteiger partial charge in [-0.1, -0.05) is 52.0 Å². The summed E-state index contributed by atoms with van der Waals surface area (Å²) in [6.07, 6.45) is 2.05. The van der Waals surface area contributed by atoms with E-state index in [0.717, 1.165) is 0 Å². The summed E-state index contributed by atoms with van der Waals surface area (Å²) >= 11 is 0. The lowest BCUT2D eigenvalue weighted by atomic mass is 9.99. The van der Waals surface area contributed by atoms with E-state index in [0.29, 0.717) is 16.2 Å². The molecule has 1 heterocycles. The van der Waals surface area contributed by atoms with Gasteiger partial charge in [0, 0.05) is 5.92 Å². The van der Waals surface area contributed by atoms with E-state index in [1.54, 1.807) is 24.3 Å². The zero-order chi connectivity index (χ0) is 19.3. The van der Waals surface area contributed by atoms with Crippen molar-refractivity contribution in [2.75, 3.05) is 0 Å². The van der Waals surface area contributed by atoms with Gasteiger partial charge in [0.05, 0.1) is 22.0 Å². The zero-order valence-corrected chi connectivity index (χ0v) is 18.3. The van der Waals surface area contributed by atoms with Crippen molar-refractivity contribution < 1.29 is 17.6 Å². The molecule has 144 valence electrons. The highest BCUT2D eigenvalue weighted by Gasteiger charge is 2.54. The molecule has 0 spiro atoms. The van der Waals surface area contributed by atoms with Gasteiger partial charge in [-0.05, 0) is 36.7 Å². The van der Waals surface area contributed by atoms with Gasteiger partial charge in [-0.25, -0.2) is 8.42 Å². The van der Waals surface area contributed by atoms with E-state index in [2.05, 4.69) is 40.8 Å². The molecule has 0 amide bonds. The quantitative estimate of drug-likeness (QED) is 0.556. The summed E-state index contributed by atoms with van der Waals surface area (Å²) in [5.41, 5.74) is 0. The maximum Gasteiger partial charge on any atom is 0.205 e. The van der Waals surface area contributed by atoms with Crippen molar-refractivity contribution in [1.29, 1.82) is 0 Å². The van der Waals surface area contributed by atoms with Crippen LogP contribution in [0.1, 0.15) is 34.1 Å². The molecule has 26 heavy (non-hydrogen) atoms. The first-order valence-corrected chi connectivity index (χ1v) is 13.7. The Morgan fingerprint density at radius 2 is 1.77 bits per heavy atom. The molecule has 1 fully saturated rings. The molecule has 0 unspecified atom stereocenters. The van der Waals surface area contributed by atoms with Crippen LogP contribution in [-0.4, -0.2) is 35.0 Å². The highest BCUT2D eigenvalue weighted by atomic mass is 32.2. The SMILES string of the molecule is C[C@H]1[C@@H]2O[C@@H]2C(S(=O)(=O)c2ccccc2)=CC[C@H]1O[Si](C)(C)C(C)(C)C. The third-order valence-corrected chi connectivity index (χ3v) is 12.5. The van der Waals surface area contributed by atoms with Crippen molar-refractivity contribution in [2.45, 2.75) is 75.5 Å². The van der Waals surface area contributed by atoms with Gasteiger partial charge in [0.1, 0.15) is 6.10 Å².